The van der Waals surface area contributed by atoms with Crippen LogP contribution in [0.2, 0.25) is 0 Å². The van der Waals surface area contributed by atoms with Gasteiger partial charge < -0.3 is 14.8 Å². The normalized spacial score (nSPS) is 10.3. The van der Waals surface area contributed by atoms with Crippen LogP contribution in [0.3, 0.4) is 0 Å². The Balaban J connectivity index is 1.56. The van der Waals surface area contributed by atoms with E-state index in [9.17, 15) is 4.79 Å². The summed E-state index contributed by atoms with van der Waals surface area (Å²) in [6.45, 7) is 4.00. The zero-order valence-electron chi connectivity index (χ0n) is 15.5. The lowest BCUT2D eigenvalue weighted by atomic mass is 10.1. The number of carbonyl (C=O) groups is 1. The lowest BCUT2D eigenvalue weighted by Gasteiger charge is -2.09. The first-order valence-electron chi connectivity index (χ1n) is 8.53. The number of methoxy groups -OCH3 is 1. The maximum absolute atomic E-state index is 12.1. The highest BCUT2D eigenvalue weighted by molar-refractivity contribution is 5.92. The van der Waals surface area contributed by atoms with Crippen LogP contribution >= 0.6 is 0 Å². The molecule has 27 heavy (non-hydrogen) atoms. The van der Waals surface area contributed by atoms with Crippen molar-refractivity contribution >= 4 is 11.6 Å². The van der Waals surface area contributed by atoms with Crippen molar-refractivity contribution in [1.82, 2.24) is 10.2 Å². The number of hydrogen-bond acceptors (Lipinski definition) is 5. The van der Waals surface area contributed by atoms with E-state index in [1.807, 2.05) is 62.4 Å². The first-order valence-corrected chi connectivity index (χ1v) is 8.53. The zero-order valence-corrected chi connectivity index (χ0v) is 15.5. The Bertz CT molecular complexity index is 922. The molecule has 6 heteroatoms. The molecule has 0 radical (unpaired) electrons. The fourth-order valence-corrected chi connectivity index (χ4v) is 2.46. The minimum atomic E-state index is -0.217. The summed E-state index contributed by atoms with van der Waals surface area (Å²) in [4.78, 5) is 12.1. The highest BCUT2D eigenvalue weighted by Gasteiger charge is 2.06. The maximum Gasteiger partial charge on any atom is 0.262 e. The molecule has 0 aliphatic heterocycles. The fraction of sp³-hybridized carbons (Fsp3) is 0.190. The van der Waals surface area contributed by atoms with Gasteiger partial charge in [-0.05, 0) is 55.3 Å². The average Bonchev–Trinajstić information content (AvgIpc) is 2.69. The Kier molecular flexibility index (Phi) is 5.66. The SMILES string of the molecule is COc1ccc(-c2ccc(NC(=O)COc3ccc(C)c(C)c3)cc2)nn1. The first kappa shape index (κ1) is 18.4. The fourth-order valence-electron chi connectivity index (χ4n) is 2.46. The van der Waals surface area contributed by atoms with Gasteiger partial charge in [0.05, 0.1) is 12.8 Å². The third kappa shape index (κ3) is 4.82. The summed E-state index contributed by atoms with van der Waals surface area (Å²) in [5.74, 6) is 0.929. The lowest BCUT2D eigenvalue weighted by Crippen LogP contribution is -2.20. The maximum atomic E-state index is 12.1. The van der Waals surface area contributed by atoms with Crippen molar-refractivity contribution in [2.24, 2.45) is 0 Å². The zero-order chi connectivity index (χ0) is 19.2. The number of anilines is 1. The van der Waals surface area contributed by atoms with Crippen LogP contribution in [0.4, 0.5) is 5.69 Å². The number of nitrogens with one attached hydrogen (secondary N) is 1. The molecule has 6 nitrogen and oxygen atoms in total. The molecule has 0 spiro atoms. The van der Waals surface area contributed by atoms with Gasteiger partial charge in [0.25, 0.3) is 5.91 Å². The van der Waals surface area contributed by atoms with E-state index in [4.69, 9.17) is 9.47 Å². The molecule has 1 N–H and O–H groups in total. The molecule has 0 aliphatic rings. The Labute approximate surface area is 158 Å². The molecule has 0 fully saturated rings. The van der Waals surface area contributed by atoms with Crippen LogP contribution in [-0.4, -0.2) is 29.8 Å². The number of aromatic nitrogens is 2. The van der Waals surface area contributed by atoms with E-state index in [1.165, 1.54) is 5.56 Å². The Hall–Kier alpha value is -3.41. The molecule has 0 aliphatic carbocycles. The van der Waals surface area contributed by atoms with Crippen LogP contribution in [0.1, 0.15) is 11.1 Å². The van der Waals surface area contributed by atoms with E-state index < -0.39 is 0 Å². The Morgan fingerprint density at radius 1 is 0.963 bits per heavy atom. The van der Waals surface area contributed by atoms with Gasteiger partial charge in [-0.25, -0.2) is 0 Å². The molecule has 1 amide bonds. The first-order chi connectivity index (χ1) is 13.0. The van der Waals surface area contributed by atoms with Gasteiger partial charge in [-0.3, -0.25) is 4.79 Å². The van der Waals surface area contributed by atoms with Crippen molar-refractivity contribution in [2.75, 3.05) is 19.0 Å². The molecule has 0 unspecified atom stereocenters. The Morgan fingerprint density at radius 2 is 1.74 bits per heavy atom. The highest BCUT2D eigenvalue weighted by Crippen LogP contribution is 2.20. The van der Waals surface area contributed by atoms with Gasteiger partial charge in [0, 0.05) is 17.3 Å². The van der Waals surface area contributed by atoms with Crippen LogP contribution in [0.15, 0.2) is 54.6 Å². The van der Waals surface area contributed by atoms with Gasteiger partial charge in [0.15, 0.2) is 6.61 Å². The van der Waals surface area contributed by atoms with Gasteiger partial charge in [0.1, 0.15) is 5.75 Å². The number of ether oxygens (including phenoxy) is 2. The number of hydrogen-bond donors (Lipinski definition) is 1. The van der Waals surface area contributed by atoms with E-state index in [1.54, 1.807) is 13.2 Å². The summed E-state index contributed by atoms with van der Waals surface area (Å²) in [7, 11) is 1.55. The van der Waals surface area contributed by atoms with Crippen molar-refractivity contribution < 1.29 is 14.3 Å². The summed E-state index contributed by atoms with van der Waals surface area (Å²) >= 11 is 0. The number of rotatable bonds is 6. The van der Waals surface area contributed by atoms with Gasteiger partial charge in [-0.15, -0.1) is 10.2 Å². The molecule has 138 valence electrons. The molecule has 1 heterocycles. The van der Waals surface area contributed by atoms with E-state index >= 15 is 0 Å². The monoisotopic (exact) mass is 363 g/mol. The minimum Gasteiger partial charge on any atom is -0.484 e. The largest absolute Gasteiger partial charge is 0.484 e. The molecular weight excluding hydrogens is 342 g/mol. The van der Waals surface area contributed by atoms with Gasteiger partial charge in [0.2, 0.25) is 5.88 Å². The predicted octanol–water partition coefficient (Wildman–Crippen LogP) is 3.79. The van der Waals surface area contributed by atoms with Crippen molar-refractivity contribution in [1.29, 1.82) is 0 Å². The second-order valence-corrected chi connectivity index (χ2v) is 6.12. The Morgan fingerprint density at radius 3 is 2.37 bits per heavy atom. The predicted molar refractivity (Wildman–Crippen MR) is 104 cm³/mol. The number of amides is 1. The van der Waals surface area contributed by atoms with Crippen LogP contribution in [0.25, 0.3) is 11.3 Å². The smallest absolute Gasteiger partial charge is 0.262 e. The van der Waals surface area contributed by atoms with E-state index in [-0.39, 0.29) is 12.5 Å². The van der Waals surface area contributed by atoms with E-state index in [0.717, 1.165) is 16.8 Å². The molecule has 3 rings (SSSR count). The van der Waals surface area contributed by atoms with Crippen molar-refractivity contribution in [3.05, 3.63) is 65.7 Å². The van der Waals surface area contributed by atoms with Crippen LogP contribution in [-0.2, 0) is 4.79 Å². The van der Waals surface area contributed by atoms with Crippen molar-refractivity contribution in [3.63, 3.8) is 0 Å². The number of carbonyl (C=O) groups excluding carboxylic acids is 1. The minimum absolute atomic E-state index is 0.0474. The van der Waals surface area contributed by atoms with Crippen molar-refractivity contribution in [2.45, 2.75) is 13.8 Å². The molecule has 2 aromatic carbocycles. The summed E-state index contributed by atoms with van der Waals surface area (Å²) in [6, 6.07) is 16.7. The quantitative estimate of drug-likeness (QED) is 0.721. The molecule has 0 atom stereocenters. The standard InChI is InChI=1S/C21H21N3O3/c1-14-4-9-18(12-15(14)2)27-13-20(25)22-17-7-5-16(6-8-17)19-10-11-21(26-3)24-23-19/h4-12H,13H2,1-3H3,(H,22,25). The van der Waals surface area contributed by atoms with Gasteiger partial charge in [-0.2, -0.15) is 0 Å². The molecule has 0 bridgehead atoms. The lowest BCUT2D eigenvalue weighted by molar-refractivity contribution is -0.118. The van der Waals surface area contributed by atoms with E-state index in [0.29, 0.717) is 17.3 Å². The van der Waals surface area contributed by atoms with Gasteiger partial charge >= 0.3 is 0 Å². The number of nitrogens with zero attached hydrogens (tertiary/aromatic N) is 2. The summed E-state index contributed by atoms with van der Waals surface area (Å²) in [5, 5.41) is 10.9. The number of benzene rings is 2. The third-order valence-corrected chi connectivity index (χ3v) is 4.16. The average molecular weight is 363 g/mol. The molecule has 0 saturated carbocycles. The molecule has 0 saturated heterocycles. The van der Waals surface area contributed by atoms with Crippen molar-refractivity contribution in [3.8, 4) is 22.9 Å². The third-order valence-electron chi connectivity index (χ3n) is 4.16. The summed E-state index contributed by atoms with van der Waals surface area (Å²) in [6.07, 6.45) is 0. The molecular formula is C21H21N3O3. The number of aryl methyl sites for hydroxylation is 2. The van der Waals surface area contributed by atoms with Crippen LogP contribution in [0, 0.1) is 13.8 Å². The van der Waals surface area contributed by atoms with Crippen LogP contribution in [0.5, 0.6) is 11.6 Å². The second kappa shape index (κ2) is 8.31. The molecule has 3 aromatic rings. The summed E-state index contributed by atoms with van der Waals surface area (Å²) < 4.78 is 10.6. The van der Waals surface area contributed by atoms with E-state index in [2.05, 4.69) is 15.5 Å². The van der Waals surface area contributed by atoms with Gasteiger partial charge in [-0.1, -0.05) is 18.2 Å². The second-order valence-electron chi connectivity index (χ2n) is 6.12. The summed E-state index contributed by atoms with van der Waals surface area (Å²) in [5.41, 5.74) is 4.63. The topological polar surface area (TPSA) is 73.3 Å². The molecule has 1 aromatic heterocycles. The van der Waals surface area contributed by atoms with Crippen LogP contribution < -0.4 is 14.8 Å². The highest BCUT2D eigenvalue weighted by atomic mass is 16.5.